The van der Waals surface area contributed by atoms with E-state index in [1.54, 1.807) is 49.1 Å². The summed E-state index contributed by atoms with van der Waals surface area (Å²) in [6, 6.07) is 8.64. The standard InChI is InChI=1S/C14H10N4O/c19-11-5-1-4-10(13-15-6-2-7-16-13)12(11)14-17-8-3-9-18-14/h1-9,19H. The van der Waals surface area contributed by atoms with Gasteiger partial charge < -0.3 is 5.11 Å². The fourth-order valence-electron chi connectivity index (χ4n) is 1.83. The van der Waals surface area contributed by atoms with E-state index < -0.39 is 0 Å². The summed E-state index contributed by atoms with van der Waals surface area (Å²) in [5.74, 6) is 1.08. The van der Waals surface area contributed by atoms with Crippen molar-refractivity contribution in [1.29, 1.82) is 0 Å². The van der Waals surface area contributed by atoms with Crippen LogP contribution in [0.15, 0.2) is 55.1 Å². The summed E-state index contributed by atoms with van der Waals surface area (Å²) in [4.78, 5) is 16.7. The zero-order chi connectivity index (χ0) is 13.1. The molecule has 0 bridgehead atoms. The van der Waals surface area contributed by atoms with E-state index in [2.05, 4.69) is 19.9 Å². The van der Waals surface area contributed by atoms with Gasteiger partial charge in [-0.2, -0.15) is 0 Å². The van der Waals surface area contributed by atoms with Crippen molar-refractivity contribution in [3.63, 3.8) is 0 Å². The van der Waals surface area contributed by atoms with E-state index in [-0.39, 0.29) is 5.75 Å². The van der Waals surface area contributed by atoms with Crippen LogP contribution in [0.4, 0.5) is 0 Å². The number of benzene rings is 1. The molecular formula is C14H10N4O. The fraction of sp³-hybridized carbons (Fsp3) is 0. The van der Waals surface area contributed by atoms with Crippen LogP contribution < -0.4 is 0 Å². The van der Waals surface area contributed by atoms with Crippen LogP contribution in [0.3, 0.4) is 0 Å². The first-order chi connectivity index (χ1) is 9.36. The van der Waals surface area contributed by atoms with Gasteiger partial charge in [-0.1, -0.05) is 12.1 Å². The Morgan fingerprint density at radius 2 is 1.26 bits per heavy atom. The number of aromatic nitrogens is 4. The zero-order valence-electron chi connectivity index (χ0n) is 9.93. The van der Waals surface area contributed by atoms with Gasteiger partial charge in [0.2, 0.25) is 0 Å². The highest BCUT2D eigenvalue weighted by molar-refractivity contribution is 5.81. The predicted octanol–water partition coefficient (Wildman–Crippen LogP) is 2.31. The van der Waals surface area contributed by atoms with Crippen LogP contribution in [0.25, 0.3) is 22.8 Å². The first-order valence-corrected chi connectivity index (χ1v) is 5.73. The molecule has 0 radical (unpaired) electrons. The molecule has 0 aliphatic carbocycles. The van der Waals surface area contributed by atoms with Gasteiger partial charge in [0.05, 0.1) is 5.56 Å². The fourth-order valence-corrected chi connectivity index (χ4v) is 1.83. The highest BCUT2D eigenvalue weighted by Crippen LogP contribution is 2.34. The smallest absolute Gasteiger partial charge is 0.163 e. The Labute approximate surface area is 109 Å². The summed E-state index contributed by atoms with van der Waals surface area (Å²) in [5.41, 5.74) is 1.24. The van der Waals surface area contributed by atoms with Crippen LogP contribution in [-0.2, 0) is 0 Å². The average Bonchev–Trinajstić information content (AvgIpc) is 2.49. The molecule has 0 unspecified atom stereocenters. The average molecular weight is 250 g/mol. The van der Waals surface area contributed by atoms with Gasteiger partial charge in [-0.25, -0.2) is 19.9 Å². The third-order valence-corrected chi connectivity index (χ3v) is 2.64. The molecule has 0 saturated carbocycles. The molecule has 0 aliphatic rings. The molecule has 2 heterocycles. The largest absolute Gasteiger partial charge is 0.507 e. The van der Waals surface area contributed by atoms with E-state index in [4.69, 9.17) is 0 Å². The summed E-state index contributed by atoms with van der Waals surface area (Å²) in [5, 5.41) is 10.1. The molecule has 92 valence electrons. The maximum Gasteiger partial charge on any atom is 0.163 e. The van der Waals surface area contributed by atoms with Gasteiger partial charge in [-0.15, -0.1) is 0 Å². The van der Waals surface area contributed by atoms with Crippen LogP contribution >= 0.6 is 0 Å². The molecule has 0 spiro atoms. The Bertz CT molecular complexity index is 686. The van der Waals surface area contributed by atoms with Crippen molar-refractivity contribution >= 4 is 0 Å². The molecule has 2 aromatic heterocycles. The molecule has 3 aromatic rings. The molecule has 0 amide bonds. The summed E-state index contributed by atoms with van der Waals surface area (Å²) in [6.45, 7) is 0. The molecule has 1 aromatic carbocycles. The molecule has 3 rings (SSSR count). The van der Waals surface area contributed by atoms with Crippen LogP contribution in [0, 0.1) is 0 Å². The molecule has 5 nitrogen and oxygen atoms in total. The van der Waals surface area contributed by atoms with Crippen molar-refractivity contribution in [2.75, 3.05) is 0 Å². The topological polar surface area (TPSA) is 71.8 Å². The maximum absolute atomic E-state index is 10.1. The Hall–Kier alpha value is -2.82. The summed E-state index contributed by atoms with van der Waals surface area (Å²) >= 11 is 0. The van der Waals surface area contributed by atoms with Gasteiger partial charge in [0.25, 0.3) is 0 Å². The lowest BCUT2D eigenvalue weighted by Gasteiger charge is -2.08. The van der Waals surface area contributed by atoms with Crippen molar-refractivity contribution in [1.82, 2.24) is 19.9 Å². The van der Waals surface area contributed by atoms with Crippen molar-refractivity contribution in [3.8, 4) is 28.5 Å². The first-order valence-electron chi connectivity index (χ1n) is 5.73. The Balaban J connectivity index is 2.25. The number of rotatable bonds is 2. The maximum atomic E-state index is 10.1. The van der Waals surface area contributed by atoms with E-state index in [9.17, 15) is 5.11 Å². The minimum absolute atomic E-state index is 0.108. The van der Waals surface area contributed by atoms with Gasteiger partial charge in [-0.3, -0.25) is 0 Å². The molecule has 19 heavy (non-hydrogen) atoms. The van der Waals surface area contributed by atoms with E-state index in [0.717, 1.165) is 0 Å². The summed E-state index contributed by atoms with van der Waals surface area (Å²) in [7, 11) is 0. The zero-order valence-corrected chi connectivity index (χ0v) is 9.93. The van der Waals surface area contributed by atoms with Crippen LogP contribution in [0.2, 0.25) is 0 Å². The minimum atomic E-state index is 0.108. The highest BCUT2D eigenvalue weighted by atomic mass is 16.3. The van der Waals surface area contributed by atoms with Crippen LogP contribution in [0.1, 0.15) is 0 Å². The van der Waals surface area contributed by atoms with Gasteiger partial charge in [0, 0.05) is 30.4 Å². The number of hydrogen-bond donors (Lipinski definition) is 1. The van der Waals surface area contributed by atoms with Crippen LogP contribution in [0.5, 0.6) is 5.75 Å². The second kappa shape index (κ2) is 4.81. The normalized spacial score (nSPS) is 10.3. The molecule has 0 atom stereocenters. The quantitative estimate of drug-likeness (QED) is 0.755. The van der Waals surface area contributed by atoms with E-state index in [1.165, 1.54) is 0 Å². The summed E-state index contributed by atoms with van der Waals surface area (Å²) in [6.07, 6.45) is 6.57. The van der Waals surface area contributed by atoms with Crippen molar-refractivity contribution < 1.29 is 5.11 Å². The Morgan fingerprint density at radius 3 is 1.89 bits per heavy atom. The molecule has 5 heteroatoms. The van der Waals surface area contributed by atoms with E-state index in [1.807, 2.05) is 6.07 Å². The third kappa shape index (κ3) is 2.13. The van der Waals surface area contributed by atoms with Gasteiger partial charge in [0.15, 0.2) is 11.6 Å². The van der Waals surface area contributed by atoms with Gasteiger partial charge in [0.1, 0.15) is 5.75 Å². The number of hydrogen-bond acceptors (Lipinski definition) is 5. The second-order valence-electron chi connectivity index (χ2n) is 3.84. The molecule has 0 aliphatic heterocycles. The number of phenolic OH excluding ortho intramolecular Hbond substituents is 1. The van der Waals surface area contributed by atoms with Gasteiger partial charge in [-0.05, 0) is 18.2 Å². The minimum Gasteiger partial charge on any atom is -0.507 e. The molecule has 0 saturated heterocycles. The first kappa shape index (κ1) is 11.3. The van der Waals surface area contributed by atoms with Crippen LogP contribution in [-0.4, -0.2) is 25.0 Å². The number of aromatic hydroxyl groups is 1. The predicted molar refractivity (Wildman–Crippen MR) is 70.2 cm³/mol. The number of phenols is 1. The van der Waals surface area contributed by atoms with E-state index >= 15 is 0 Å². The highest BCUT2D eigenvalue weighted by Gasteiger charge is 2.15. The molecule has 0 fully saturated rings. The third-order valence-electron chi connectivity index (χ3n) is 2.64. The monoisotopic (exact) mass is 250 g/mol. The lowest BCUT2D eigenvalue weighted by atomic mass is 10.0. The SMILES string of the molecule is Oc1cccc(-c2ncccn2)c1-c1ncccn1. The Kier molecular flexibility index (Phi) is 2.86. The van der Waals surface area contributed by atoms with Crippen molar-refractivity contribution in [2.24, 2.45) is 0 Å². The molecular weight excluding hydrogens is 240 g/mol. The number of nitrogens with zero attached hydrogens (tertiary/aromatic N) is 4. The second-order valence-corrected chi connectivity index (χ2v) is 3.84. The van der Waals surface area contributed by atoms with Crippen molar-refractivity contribution in [3.05, 3.63) is 55.1 Å². The van der Waals surface area contributed by atoms with E-state index in [0.29, 0.717) is 22.8 Å². The van der Waals surface area contributed by atoms with Gasteiger partial charge >= 0.3 is 0 Å². The van der Waals surface area contributed by atoms with Crippen molar-refractivity contribution in [2.45, 2.75) is 0 Å². The Morgan fingerprint density at radius 1 is 0.684 bits per heavy atom. The lowest BCUT2D eigenvalue weighted by Crippen LogP contribution is -1.94. The molecule has 1 N–H and O–H groups in total. The lowest BCUT2D eigenvalue weighted by molar-refractivity contribution is 0.477. The summed E-state index contributed by atoms with van der Waals surface area (Å²) < 4.78 is 0.